The smallest absolute Gasteiger partial charge is 0.194 e. The van der Waals surface area contributed by atoms with Gasteiger partial charge in [0.2, 0.25) is 0 Å². The van der Waals surface area contributed by atoms with Gasteiger partial charge in [-0.3, -0.25) is 0 Å². The summed E-state index contributed by atoms with van der Waals surface area (Å²) in [4.78, 5) is 0. The highest BCUT2D eigenvalue weighted by molar-refractivity contribution is 7.80. The summed E-state index contributed by atoms with van der Waals surface area (Å²) in [5, 5.41) is 2.37. The highest BCUT2D eigenvalue weighted by Gasteiger charge is 1.79. The van der Waals surface area contributed by atoms with Crippen molar-refractivity contribution in [2.24, 2.45) is 0 Å². The molecule has 0 atom stereocenters. The molecule has 2 nitrogen and oxygen atoms in total. The molecule has 36 valence electrons. The van der Waals surface area contributed by atoms with Crippen molar-refractivity contribution in [2.75, 3.05) is 7.05 Å². The zero-order valence-electron chi connectivity index (χ0n) is 3.29. The molecule has 6 heavy (non-hydrogen) atoms. The maximum atomic E-state index is 10.9. The standard InChI is InChI=1S/C2H5FN2S/c1-4-2(6)5-3/h1H3,(H2,4,5,6). The van der Waals surface area contributed by atoms with Gasteiger partial charge >= 0.3 is 0 Å². The van der Waals surface area contributed by atoms with E-state index in [0.717, 1.165) is 0 Å². The van der Waals surface area contributed by atoms with Gasteiger partial charge in [-0.15, -0.1) is 4.48 Å². The van der Waals surface area contributed by atoms with E-state index in [-0.39, 0.29) is 5.11 Å². The Balaban J connectivity index is 2.99. The maximum Gasteiger partial charge on any atom is 0.194 e. The lowest BCUT2D eigenvalue weighted by Gasteiger charge is -1.91. The van der Waals surface area contributed by atoms with Crippen molar-refractivity contribution in [3.05, 3.63) is 0 Å². The van der Waals surface area contributed by atoms with Crippen molar-refractivity contribution in [3.8, 4) is 0 Å². The van der Waals surface area contributed by atoms with Crippen molar-refractivity contribution in [2.45, 2.75) is 0 Å². The zero-order chi connectivity index (χ0) is 4.99. The lowest BCUT2D eigenvalue weighted by molar-refractivity contribution is 0.431. The fourth-order valence-corrected chi connectivity index (χ4v) is 0.0472. The van der Waals surface area contributed by atoms with Crippen LogP contribution in [-0.2, 0) is 0 Å². The van der Waals surface area contributed by atoms with E-state index in [1.54, 1.807) is 0 Å². The van der Waals surface area contributed by atoms with Crippen LogP contribution in [0.1, 0.15) is 0 Å². The number of rotatable bonds is 0. The Labute approximate surface area is 40.7 Å². The molecule has 0 aromatic rings. The van der Waals surface area contributed by atoms with E-state index in [2.05, 4.69) is 17.5 Å². The average molecular weight is 108 g/mol. The molecule has 0 aromatic carbocycles. The van der Waals surface area contributed by atoms with E-state index in [4.69, 9.17) is 0 Å². The SMILES string of the molecule is CNC(=S)NF. The van der Waals surface area contributed by atoms with Crippen LogP contribution in [0, 0.1) is 0 Å². The molecular weight excluding hydrogens is 103 g/mol. The van der Waals surface area contributed by atoms with E-state index >= 15 is 0 Å². The van der Waals surface area contributed by atoms with Crippen LogP contribution in [0.25, 0.3) is 0 Å². The van der Waals surface area contributed by atoms with E-state index in [1.165, 1.54) is 12.6 Å². The number of hydrogen-bond acceptors (Lipinski definition) is 1. The zero-order valence-corrected chi connectivity index (χ0v) is 4.10. The second-order valence-electron chi connectivity index (χ2n) is 0.674. The fraction of sp³-hybridized carbons (Fsp3) is 0.500. The van der Waals surface area contributed by atoms with Gasteiger partial charge in [-0.1, -0.05) is 0 Å². The predicted molar refractivity (Wildman–Crippen MR) is 25.9 cm³/mol. The normalized spacial score (nSPS) is 7.00. The molecule has 0 aliphatic rings. The van der Waals surface area contributed by atoms with Gasteiger partial charge in [0.05, 0.1) is 0 Å². The Morgan fingerprint density at radius 1 is 1.83 bits per heavy atom. The quantitative estimate of drug-likeness (QED) is 0.336. The summed E-state index contributed by atoms with van der Waals surface area (Å²) < 4.78 is 10.9. The minimum absolute atomic E-state index is 0.00926. The molecule has 0 radical (unpaired) electrons. The summed E-state index contributed by atoms with van der Waals surface area (Å²) >= 11 is 4.26. The molecule has 0 aliphatic heterocycles. The molecule has 0 bridgehead atoms. The van der Waals surface area contributed by atoms with Crippen molar-refractivity contribution in [1.29, 1.82) is 0 Å². The van der Waals surface area contributed by atoms with Crippen molar-refractivity contribution in [1.82, 2.24) is 10.9 Å². The maximum absolute atomic E-state index is 10.9. The number of halogens is 1. The van der Waals surface area contributed by atoms with Crippen molar-refractivity contribution >= 4 is 17.3 Å². The molecule has 0 fully saturated rings. The third-order valence-electron chi connectivity index (χ3n) is 0.313. The van der Waals surface area contributed by atoms with Gasteiger partial charge in [0.25, 0.3) is 0 Å². The van der Waals surface area contributed by atoms with Gasteiger partial charge in [0.15, 0.2) is 5.11 Å². The van der Waals surface area contributed by atoms with E-state index in [9.17, 15) is 4.48 Å². The summed E-state index contributed by atoms with van der Waals surface area (Å²) in [6.45, 7) is 0. The molecule has 0 unspecified atom stereocenters. The lowest BCUT2D eigenvalue weighted by Crippen LogP contribution is -2.25. The highest BCUT2D eigenvalue weighted by atomic mass is 32.1. The summed E-state index contributed by atoms with van der Waals surface area (Å²) in [6.07, 6.45) is 0. The van der Waals surface area contributed by atoms with Crippen LogP contribution < -0.4 is 10.9 Å². The van der Waals surface area contributed by atoms with Crippen LogP contribution in [0.5, 0.6) is 0 Å². The molecule has 0 saturated carbocycles. The summed E-state index contributed by atoms with van der Waals surface area (Å²) in [7, 11) is 1.54. The van der Waals surface area contributed by atoms with Gasteiger partial charge in [0.1, 0.15) is 0 Å². The molecule has 0 aromatic heterocycles. The third kappa shape index (κ3) is 1.90. The Morgan fingerprint density at radius 2 is 2.33 bits per heavy atom. The van der Waals surface area contributed by atoms with Crippen LogP contribution in [0.15, 0.2) is 0 Å². The molecule has 0 saturated heterocycles. The first-order valence-electron chi connectivity index (χ1n) is 1.39. The van der Waals surface area contributed by atoms with Gasteiger partial charge < -0.3 is 5.32 Å². The molecule has 4 heteroatoms. The molecule has 0 spiro atoms. The number of thiocarbonyl (C=S) groups is 1. The Hall–Kier alpha value is -0.380. The summed E-state index contributed by atoms with van der Waals surface area (Å²) in [5.74, 6) is 0. The predicted octanol–water partition coefficient (Wildman–Crippen LogP) is -0.0352. The van der Waals surface area contributed by atoms with Gasteiger partial charge in [-0.05, 0) is 12.2 Å². The van der Waals surface area contributed by atoms with Gasteiger partial charge in [0, 0.05) is 7.05 Å². The van der Waals surface area contributed by atoms with E-state index in [1.807, 2.05) is 0 Å². The molecule has 2 N–H and O–H groups in total. The molecule has 0 aliphatic carbocycles. The fourth-order valence-electron chi connectivity index (χ4n) is 0.0472. The van der Waals surface area contributed by atoms with Crippen molar-refractivity contribution in [3.63, 3.8) is 0 Å². The highest BCUT2D eigenvalue weighted by Crippen LogP contribution is 1.57. The van der Waals surface area contributed by atoms with E-state index in [0.29, 0.717) is 0 Å². The van der Waals surface area contributed by atoms with Crippen LogP contribution >= 0.6 is 12.2 Å². The number of hydrogen-bond donors (Lipinski definition) is 2. The van der Waals surface area contributed by atoms with Crippen LogP contribution in [0.2, 0.25) is 0 Å². The minimum Gasteiger partial charge on any atom is -0.364 e. The summed E-state index contributed by atoms with van der Waals surface area (Å²) in [6, 6.07) is 0. The largest absolute Gasteiger partial charge is 0.364 e. The first kappa shape index (κ1) is 5.62. The topological polar surface area (TPSA) is 24.1 Å². The Bertz CT molecular complexity index is 49.5. The van der Waals surface area contributed by atoms with Crippen LogP contribution in [0.3, 0.4) is 0 Å². The monoisotopic (exact) mass is 108 g/mol. The summed E-state index contributed by atoms with van der Waals surface area (Å²) in [5.41, 5.74) is 1.23. The lowest BCUT2D eigenvalue weighted by atomic mass is 11.1. The first-order valence-corrected chi connectivity index (χ1v) is 1.80. The van der Waals surface area contributed by atoms with Crippen LogP contribution in [-0.4, -0.2) is 12.2 Å². The van der Waals surface area contributed by atoms with Crippen LogP contribution in [0.4, 0.5) is 4.48 Å². The Morgan fingerprint density at radius 3 is 2.33 bits per heavy atom. The molecule has 0 heterocycles. The van der Waals surface area contributed by atoms with Gasteiger partial charge in [-0.2, -0.15) is 5.54 Å². The second kappa shape index (κ2) is 2.84. The van der Waals surface area contributed by atoms with Crippen molar-refractivity contribution < 1.29 is 4.48 Å². The Kier molecular flexibility index (Phi) is 2.66. The average Bonchev–Trinajstić information content (AvgIpc) is 1.65. The first-order chi connectivity index (χ1) is 2.81. The van der Waals surface area contributed by atoms with E-state index < -0.39 is 0 Å². The minimum atomic E-state index is 0.00926. The number of nitrogens with one attached hydrogen (secondary N) is 2. The molecular formula is C2H5FN2S. The molecule has 0 amide bonds. The third-order valence-corrected chi connectivity index (χ3v) is 0.594. The van der Waals surface area contributed by atoms with Gasteiger partial charge in [-0.25, -0.2) is 0 Å². The molecule has 0 rings (SSSR count). The second-order valence-corrected chi connectivity index (χ2v) is 1.08.